The van der Waals surface area contributed by atoms with Gasteiger partial charge in [-0.3, -0.25) is 4.79 Å². The van der Waals surface area contributed by atoms with Gasteiger partial charge < -0.3 is 20.3 Å². The lowest BCUT2D eigenvalue weighted by Gasteiger charge is -2.08. The molecule has 1 atom stereocenters. The molecule has 0 spiro atoms. The summed E-state index contributed by atoms with van der Waals surface area (Å²) in [7, 11) is 3.11. The molecule has 1 heterocycles. The van der Waals surface area contributed by atoms with Crippen molar-refractivity contribution in [2.24, 2.45) is 5.73 Å². The molecule has 20 heavy (non-hydrogen) atoms. The summed E-state index contributed by atoms with van der Waals surface area (Å²) in [6.45, 7) is 0. The van der Waals surface area contributed by atoms with Crippen molar-refractivity contribution in [3.63, 3.8) is 0 Å². The Hall–Kier alpha value is -2.12. The van der Waals surface area contributed by atoms with Crippen molar-refractivity contribution in [1.29, 1.82) is 0 Å². The number of carboxylic acid groups (broad SMARTS) is 1. The van der Waals surface area contributed by atoms with Gasteiger partial charge in [0.25, 0.3) is 0 Å². The predicted molar refractivity (Wildman–Crippen MR) is 75.2 cm³/mol. The van der Waals surface area contributed by atoms with E-state index in [0.717, 1.165) is 5.56 Å². The van der Waals surface area contributed by atoms with Gasteiger partial charge in [0.1, 0.15) is 11.0 Å². The van der Waals surface area contributed by atoms with Crippen molar-refractivity contribution >= 4 is 17.3 Å². The monoisotopic (exact) mass is 294 g/mol. The van der Waals surface area contributed by atoms with Crippen LogP contribution in [0, 0.1) is 0 Å². The lowest BCUT2D eigenvalue weighted by molar-refractivity contribution is -0.138. The highest BCUT2D eigenvalue weighted by molar-refractivity contribution is 7.13. The molecule has 0 aliphatic carbocycles. The fourth-order valence-electron chi connectivity index (χ4n) is 1.66. The number of nitrogens with zero attached hydrogens (tertiary/aromatic N) is 1. The van der Waals surface area contributed by atoms with Gasteiger partial charge in [0.2, 0.25) is 0 Å². The van der Waals surface area contributed by atoms with E-state index in [2.05, 4.69) is 4.98 Å². The number of carboxylic acids is 1. The Morgan fingerprint density at radius 3 is 2.65 bits per heavy atom. The first-order chi connectivity index (χ1) is 9.56. The number of benzene rings is 1. The number of aliphatic carboxylic acids is 1. The molecule has 6 nitrogen and oxygen atoms in total. The second-order valence-corrected chi connectivity index (χ2v) is 4.82. The quantitative estimate of drug-likeness (QED) is 0.874. The van der Waals surface area contributed by atoms with Crippen LogP contribution in [-0.4, -0.2) is 30.3 Å². The van der Waals surface area contributed by atoms with E-state index in [0.29, 0.717) is 22.2 Å². The van der Waals surface area contributed by atoms with E-state index >= 15 is 0 Å². The van der Waals surface area contributed by atoms with E-state index in [1.165, 1.54) is 11.3 Å². The van der Waals surface area contributed by atoms with Crippen LogP contribution in [0.1, 0.15) is 11.7 Å². The van der Waals surface area contributed by atoms with Gasteiger partial charge in [-0.15, -0.1) is 11.3 Å². The fraction of sp³-hybridized carbons (Fsp3) is 0.231. The molecular formula is C13H14N2O4S. The van der Waals surface area contributed by atoms with Gasteiger partial charge in [-0.05, 0) is 18.2 Å². The molecule has 7 heteroatoms. The van der Waals surface area contributed by atoms with Crippen molar-refractivity contribution in [3.05, 3.63) is 29.3 Å². The largest absolute Gasteiger partial charge is 0.493 e. The summed E-state index contributed by atoms with van der Waals surface area (Å²) in [5, 5.41) is 11.2. The Bertz CT molecular complexity index is 627. The van der Waals surface area contributed by atoms with E-state index in [4.69, 9.17) is 20.3 Å². The van der Waals surface area contributed by atoms with E-state index in [1.54, 1.807) is 31.7 Å². The van der Waals surface area contributed by atoms with Gasteiger partial charge >= 0.3 is 5.97 Å². The zero-order chi connectivity index (χ0) is 14.7. The smallest absolute Gasteiger partial charge is 0.326 e. The number of hydrogen-bond donors (Lipinski definition) is 2. The SMILES string of the molecule is COc1ccc(-c2nc(C(N)C(=O)O)cs2)cc1OC. The fourth-order valence-corrected chi connectivity index (χ4v) is 2.51. The highest BCUT2D eigenvalue weighted by atomic mass is 32.1. The Balaban J connectivity index is 2.35. The van der Waals surface area contributed by atoms with Crippen LogP contribution in [0.5, 0.6) is 11.5 Å². The van der Waals surface area contributed by atoms with Gasteiger partial charge in [-0.1, -0.05) is 0 Å². The standard InChI is InChI=1S/C13H14N2O4S/c1-18-9-4-3-7(5-10(9)19-2)12-15-8(6-20-12)11(14)13(16)17/h3-6,11H,14H2,1-2H3,(H,16,17). The van der Waals surface area contributed by atoms with Crippen molar-refractivity contribution in [2.75, 3.05) is 14.2 Å². The maximum absolute atomic E-state index is 10.8. The van der Waals surface area contributed by atoms with Crippen LogP contribution in [0.3, 0.4) is 0 Å². The van der Waals surface area contributed by atoms with Crippen LogP contribution in [0.4, 0.5) is 0 Å². The number of methoxy groups -OCH3 is 2. The lowest BCUT2D eigenvalue weighted by atomic mass is 10.2. The summed E-state index contributed by atoms with van der Waals surface area (Å²) in [6.07, 6.45) is 0. The summed E-state index contributed by atoms with van der Waals surface area (Å²) in [5.41, 5.74) is 6.69. The molecule has 2 aromatic rings. The maximum atomic E-state index is 10.8. The molecule has 0 saturated heterocycles. The highest BCUT2D eigenvalue weighted by Crippen LogP contribution is 2.34. The maximum Gasteiger partial charge on any atom is 0.326 e. The lowest BCUT2D eigenvalue weighted by Crippen LogP contribution is -2.20. The normalized spacial score (nSPS) is 11.9. The minimum Gasteiger partial charge on any atom is -0.493 e. The summed E-state index contributed by atoms with van der Waals surface area (Å²) in [6, 6.07) is 4.27. The van der Waals surface area contributed by atoms with Crippen molar-refractivity contribution < 1.29 is 19.4 Å². The van der Waals surface area contributed by atoms with Gasteiger partial charge in [0.15, 0.2) is 11.5 Å². The number of ether oxygens (including phenoxy) is 2. The van der Waals surface area contributed by atoms with E-state index in [-0.39, 0.29) is 0 Å². The molecule has 0 bridgehead atoms. The van der Waals surface area contributed by atoms with Crippen molar-refractivity contribution in [2.45, 2.75) is 6.04 Å². The van der Waals surface area contributed by atoms with E-state index < -0.39 is 12.0 Å². The number of carbonyl (C=O) groups is 1. The molecule has 0 aliphatic rings. The van der Waals surface area contributed by atoms with Crippen LogP contribution >= 0.6 is 11.3 Å². The Labute approximate surface area is 119 Å². The molecule has 1 aromatic heterocycles. The minimum atomic E-state index is -1.11. The van der Waals surface area contributed by atoms with Crippen molar-refractivity contribution in [3.8, 4) is 22.1 Å². The van der Waals surface area contributed by atoms with Gasteiger partial charge in [-0.25, -0.2) is 4.98 Å². The van der Waals surface area contributed by atoms with Crippen LogP contribution in [0.15, 0.2) is 23.6 Å². The van der Waals surface area contributed by atoms with Gasteiger partial charge in [0.05, 0.1) is 19.9 Å². The third-order valence-electron chi connectivity index (χ3n) is 2.74. The number of thiazole rings is 1. The molecule has 2 rings (SSSR count). The van der Waals surface area contributed by atoms with Crippen LogP contribution in [-0.2, 0) is 4.79 Å². The Morgan fingerprint density at radius 1 is 1.35 bits per heavy atom. The summed E-state index contributed by atoms with van der Waals surface area (Å²) >= 11 is 1.33. The molecule has 0 amide bonds. The molecule has 0 saturated carbocycles. The second kappa shape index (κ2) is 5.89. The first-order valence-corrected chi connectivity index (χ1v) is 6.61. The first kappa shape index (κ1) is 14.3. The van der Waals surface area contributed by atoms with E-state index in [9.17, 15) is 4.79 Å². The molecule has 0 radical (unpaired) electrons. The van der Waals surface area contributed by atoms with Gasteiger partial charge in [0, 0.05) is 10.9 Å². The van der Waals surface area contributed by atoms with Crippen molar-refractivity contribution in [1.82, 2.24) is 4.98 Å². The average molecular weight is 294 g/mol. The molecule has 0 aliphatic heterocycles. The molecule has 0 fully saturated rings. The van der Waals surface area contributed by atoms with Crippen LogP contribution < -0.4 is 15.2 Å². The zero-order valence-corrected chi connectivity index (χ0v) is 11.8. The zero-order valence-electron chi connectivity index (χ0n) is 11.0. The Kier molecular flexibility index (Phi) is 4.21. The average Bonchev–Trinajstić information content (AvgIpc) is 2.95. The number of aromatic nitrogens is 1. The van der Waals surface area contributed by atoms with Gasteiger partial charge in [-0.2, -0.15) is 0 Å². The molecule has 3 N–H and O–H groups in total. The minimum absolute atomic E-state index is 0.340. The van der Waals surface area contributed by atoms with E-state index in [1.807, 2.05) is 6.07 Å². The predicted octanol–water partition coefficient (Wildman–Crippen LogP) is 1.91. The third-order valence-corrected chi connectivity index (χ3v) is 3.65. The number of hydrogen-bond acceptors (Lipinski definition) is 6. The summed E-state index contributed by atoms with van der Waals surface area (Å²) in [5.74, 6) is 0.105. The third kappa shape index (κ3) is 2.73. The molecule has 106 valence electrons. The molecule has 1 aromatic carbocycles. The highest BCUT2D eigenvalue weighted by Gasteiger charge is 2.18. The molecule has 1 unspecified atom stereocenters. The first-order valence-electron chi connectivity index (χ1n) is 5.73. The summed E-state index contributed by atoms with van der Waals surface area (Å²) < 4.78 is 10.4. The summed E-state index contributed by atoms with van der Waals surface area (Å²) in [4.78, 5) is 15.1. The van der Waals surface area contributed by atoms with Crippen LogP contribution in [0.25, 0.3) is 10.6 Å². The van der Waals surface area contributed by atoms with Crippen LogP contribution in [0.2, 0.25) is 0 Å². The Morgan fingerprint density at radius 2 is 2.05 bits per heavy atom. The topological polar surface area (TPSA) is 94.7 Å². The second-order valence-electron chi connectivity index (χ2n) is 3.96. The molecular weight excluding hydrogens is 280 g/mol. The number of nitrogens with two attached hydrogens (primary N) is 1. The number of rotatable bonds is 5.